The molecule has 14 heavy (non-hydrogen) atoms. The third-order valence-electron chi connectivity index (χ3n) is 2.41. The number of Topliss-reactive ketones (excluding diaryl/α,β-unsaturated/α-hetero) is 1. The molecule has 0 radical (unpaired) electrons. The highest BCUT2D eigenvalue weighted by Crippen LogP contribution is 2.32. The quantitative estimate of drug-likeness (QED) is 0.713. The number of rotatable bonds is 2. The Morgan fingerprint density at radius 1 is 1.64 bits per heavy atom. The number of ether oxygens (including phenoxy) is 1. The van der Waals surface area contributed by atoms with Gasteiger partial charge in [-0.1, -0.05) is 12.1 Å². The van der Waals surface area contributed by atoms with Crippen molar-refractivity contribution in [2.24, 2.45) is 5.73 Å². The molecule has 0 saturated carbocycles. The number of carbonyl (C=O) groups is 1. The van der Waals surface area contributed by atoms with Gasteiger partial charge in [-0.15, -0.1) is 0 Å². The molecule has 0 fully saturated rings. The second-order valence-electron chi connectivity index (χ2n) is 3.55. The zero-order chi connectivity index (χ0) is 10.1. The Morgan fingerprint density at radius 3 is 3.14 bits per heavy atom. The lowest BCUT2D eigenvalue weighted by atomic mass is 10.0. The molecule has 0 saturated heterocycles. The number of para-hydroxylation sites is 1. The molecule has 0 bridgehead atoms. The molecule has 0 spiro atoms. The van der Waals surface area contributed by atoms with Crippen molar-refractivity contribution < 1.29 is 9.53 Å². The predicted molar refractivity (Wildman–Crippen MR) is 53.6 cm³/mol. The second-order valence-corrected chi connectivity index (χ2v) is 3.55. The Morgan fingerprint density at radius 2 is 2.43 bits per heavy atom. The van der Waals surface area contributed by atoms with Gasteiger partial charge in [-0.3, -0.25) is 4.79 Å². The number of carbonyl (C=O) groups excluding carboxylic acids is 1. The number of fused-ring (bicyclic) bond motifs is 1. The van der Waals surface area contributed by atoms with Crippen LogP contribution in [0.5, 0.6) is 5.75 Å². The van der Waals surface area contributed by atoms with E-state index in [1.165, 1.54) is 0 Å². The molecule has 3 heteroatoms. The Bertz CT molecular complexity index is 374. The summed E-state index contributed by atoms with van der Waals surface area (Å²) in [6, 6.07) is 5.64. The smallest absolute Gasteiger partial charge is 0.180 e. The topological polar surface area (TPSA) is 52.3 Å². The summed E-state index contributed by atoms with van der Waals surface area (Å²) in [5.74, 6) is 0.673. The Hall–Kier alpha value is -1.35. The van der Waals surface area contributed by atoms with Crippen LogP contribution in [0.3, 0.4) is 0 Å². The molecule has 0 aromatic heterocycles. The molecule has 2 rings (SSSR count). The van der Waals surface area contributed by atoms with E-state index in [0.717, 1.165) is 17.7 Å². The van der Waals surface area contributed by atoms with Crippen LogP contribution >= 0.6 is 0 Å². The van der Waals surface area contributed by atoms with Crippen molar-refractivity contribution >= 4 is 5.78 Å². The van der Waals surface area contributed by atoms with E-state index in [1.54, 1.807) is 6.07 Å². The molecule has 1 aliphatic heterocycles. The van der Waals surface area contributed by atoms with Crippen molar-refractivity contribution in [1.29, 1.82) is 0 Å². The lowest BCUT2D eigenvalue weighted by molar-refractivity contribution is 0.0997. The number of ketones is 1. The van der Waals surface area contributed by atoms with Crippen LogP contribution in [-0.4, -0.2) is 18.4 Å². The average molecular weight is 191 g/mol. The molecular weight excluding hydrogens is 178 g/mol. The van der Waals surface area contributed by atoms with Crippen molar-refractivity contribution in [3.63, 3.8) is 0 Å². The average Bonchev–Trinajstić information content (AvgIpc) is 2.56. The standard InChI is InChI=1S/C11H13NO2/c1-7-5-8-3-2-4-9(10(13)6-12)11(8)14-7/h2-4,7H,5-6,12H2,1H3. The van der Waals surface area contributed by atoms with E-state index in [-0.39, 0.29) is 18.4 Å². The molecule has 1 aromatic rings. The first-order chi connectivity index (χ1) is 6.72. The minimum absolute atomic E-state index is 0.0359. The van der Waals surface area contributed by atoms with Crippen molar-refractivity contribution in [1.82, 2.24) is 0 Å². The molecule has 2 N–H and O–H groups in total. The Balaban J connectivity index is 2.44. The molecule has 1 aromatic carbocycles. The summed E-state index contributed by atoms with van der Waals surface area (Å²) < 4.78 is 5.58. The van der Waals surface area contributed by atoms with Gasteiger partial charge in [0.2, 0.25) is 0 Å². The predicted octanol–water partition coefficient (Wildman–Crippen LogP) is 1.15. The van der Waals surface area contributed by atoms with Crippen LogP contribution < -0.4 is 10.5 Å². The lowest BCUT2D eigenvalue weighted by Gasteiger charge is -2.07. The first kappa shape index (κ1) is 9.21. The maximum atomic E-state index is 11.5. The molecule has 0 aliphatic carbocycles. The summed E-state index contributed by atoms with van der Waals surface area (Å²) in [6.45, 7) is 2.03. The van der Waals surface area contributed by atoms with Crippen molar-refractivity contribution in [3.8, 4) is 5.75 Å². The van der Waals surface area contributed by atoms with Crippen LogP contribution in [0.2, 0.25) is 0 Å². The Labute approximate surface area is 82.9 Å². The van der Waals surface area contributed by atoms with Crippen LogP contribution in [0.25, 0.3) is 0 Å². The number of benzene rings is 1. The summed E-state index contributed by atoms with van der Waals surface area (Å²) in [4.78, 5) is 11.5. The molecule has 1 aliphatic rings. The van der Waals surface area contributed by atoms with Gasteiger partial charge in [0, 0.05) is 6.42 Å². The summed E-state index contributed by atoms with van der Waals surface area (Å²) in [5, 5.41) is 0. The van der Waals surface area contributed by atoms with E-state index in [1.807, 2.05) is 19.1 Å². The fraction of sp³-hybridized carbons (Fsp3) is 0.364. The third-order valence-corrected chi connectivity index (χ3v) is 2.41. The highest BCUT2D eigenvalue weighted by atomic mass is 16.5. The van der Waals surface area contributed by atoms with E-state index in [0.29, 0.717) is 5.56 Å². The molecule has 1 unspecified atom stereocenters. The van der Waals surface area contributed by atoms with Crippen LogP contribution in [-0.2, 0) is 6.42 Å². The molecule has 0 amide bonds. The molecule has 74 valence electrons. The number of hydrogen-bond donors (Lipinski definition) is 1. The fourth-order valence-electron chi connectivity index (χ4n) is 1.77. The Kier molecular flexibility index (Phi) is 2.25. The van der Waals surface area contributed by atoms with Crippen molar-refractivity contribution in [2.75, 3.05) is 6.54 Å². The van der Waals surface area contributed by atoms with E-state index < -0.39 is 0 Å². The summed E-state index contributed by atoms with van der Waals surface area (Å²) in [7, 11) is 0. The zero-order valence-corrected chi connectivity index (χ0v) is 8.12. The highest BCUT2D eigenvalue weighted by Gasteiger charge is 2.23. The van der Waals surface area contributed by atoms with Crippen molar-refractivity contribution in [3.05, 3.63) is 29.3 Å². The van der Waals surface area contributed by atoms with Crippen LogP contribution in [0.1, 0.15) is 22.8 Å². The molecule has 1 heterocycles. The summed E-state index contributed by atoms with van der Waals surface area (Å²) in [5.41, 5.74) is 7.06. The summed E-state index contributed by atoms with van der Waals surface area (Å²) >= 11 is 0. The number of hydrogen-bond acceptors (Lipinski definition) is 3. The van der Waals surface area contributed by atoms with Crippen LogP contribution in [0, 0.1) is 0 Å². The van der Waals surface area contributed by atoms with Gasteiger partial charge < -0.3 is 10.5 Å². The zero-order valence-electron chi connectivity index (χ0n) is 8.12. The fourth-order valence-corrected chi connectivity index (χ4v) is 1.77. The van der Waals surface area contributed by atoms with Gasteiger partial charge in [0.15, 0.2) is 5.78 Å². The molecule has 1 atom stereocenters. The molecular formula is C11H13NO2. The third kappa shape index (κ3) is 1.40. The van der Waals surface area contributed by atoms with Crippen molar-refractivity contribution in [2.45, 2.75) is 19.4 Å². The maximum Gasteiger partial charge on any atom is 0.180 e. The van der Waals surface area contributed by atoms with Gasteiger partial charge in [0.1, 0.15) is 11.9 Å². The summed E-state index contributed by atoms with van der Waals surface area (Å²) in [6.07, 6.45) is 1.04. The van der Waals surface area contributed by atoms with E-state index in [2.05, 4.69) is 0 Å². The minimum atomic E-state index is -0.0593. The maximum absolute atomic E-state index is 11.5. The van der Waals surface area contributed by atoms with E-state index in [9.17, 15) is 4.79 Å². The monoisotopic (exact) mass is 191 g/mol. The highest BCUT2D eigenvalue weighted by molar-refractivity contribution is 6.00. The lowest BCUT2D eigenvalue weighted by Crippen LogP contribution is -2.15. The SMILES string of the molecule is CC1Cc2cccc(C(=O)CN)c2O1. The second kappa shape index (κ2) is 3.42. The first-order valence-corrected chi connectivity index (χ1v) is 4.74. The van der Waals surface area contributed by atoms with Gasteiger partial charge in [0.25, 0.3) is 0 Å². The van der Waals surface area contributed by atoms with Gasteiger partial charge >= 0.3 is 0 Å². The van der Waals surface area contributed by atoms with E-state index >= 15 is 0 Å². The minimum Gasteiger partial charge on any atom is -0.489 e. The number of nitrogens with two attached hydrogens (primary N) is 1. The normalized spacial score (nSPS) is 18.9. The van der Waals surface area contributed by atoms with Gasteiger partial charge in [0.05, 0.1) is 12.1 Å². The van der Waals surface area contributed by atoms with E-state index in [4.69, 9.17) is 10.5 Å². The van der Waals surface area contributed by atoms with Crippen LogP contribution in [0.15, 0.2) is 18.2 Å². The largest absolute Gasteiger partial charge is 0.489 e. The van der Waals surface area contributed by atoms with Gasteiger partial charge in [-0.2, -0.15) is 0 Å². The van der Waals surface area contributed by atoms with Gasteiger partial charge in [-0.25, -0.2) is 0 Å². The first-order valence-electron chi connectivity index (χ1n) is 4.74. The molecule has 3 nitrogen and oxygen atoms in total. The van der Waals surface area contributed by atoms with Crippen LogP contribution in [0.4, 0.5) is 0 Å². The van der Waals surface area contributed by atoms with Gasteiger partial charge in [-0.05, 0) is 18.6 Å².